The van der Waals surface area contributed by atoms with Crippen LogP contribution in [0.1, 0.15) is 24.2 Å². The predicted molar refractivity (Wildman–Crippen MR) is 130 cm³/mol. The van der Waals surface area contributed by atoms with Crippen molar-refractivity contribution >= 4 is 11.6 Å². The molecule has 1 saturated heterocycles. The third-order valence-corrected chi connectivity index (χ3v) is 6.59. The molecule has 1 aliphatic heterocycles. The van der Waals surface area contributed by atoms with E-state index in [2.05, 4.69) is 38.7 Å². The molecular weight excluding hydrogens is 438 g/mol. The van der Waals surface area contributed by atoms with E-state index in [0.29, 0.717) is 18.2 Å². The number of ether oxygens (including phenoxy) is 3. The van der Waals surface area contributed by atoms with Crippen LogP contribution in [-0.4, -0.2) is 53.5 Å². The van der Waals surface area contributed by atoms with E-state index in [1.807, 2.05) is 43.6 Å². The van der Waals surface area contributed by atoms with Crippen molar-refractivity contribution in [3.05, 3.63) is 77.3 Å². The maximum absolute atomic E-state index is 6.06. The molecule has 2 heterocycles. The number of benzene rings is 2. The topological polar surface area (TPSA) is 48.8 Å². The highest BCUT2D eigenvalue weighted by Crippen LogP contribution is 2.29. The number of piperidine rings is 1. The van der Waals surface area contributed by atoms with Crippen LogP contribution in [-0.2, 0) is 17.8 Å². The number of aromatic nitrogens is 2. The van der Waals surface area contributed by atoms with Crippen LogP contribution >= 0.6 is 11.6 Å². The fraction of sp³-hybridized carbons (Fsp3) is 0.423. The van der Waals surface area contributed by atoms with Crippen molar-refractivity contribution in [1.82, 2.24) is 14.5 Å². The fourth-order valence-electron chi connectivity index (χ4n) is 4.15. The van der Waals surface area contributed by atoms with Gasteiger partial charge < -0.3 is 18.8 Å². The van der Waals surface area contributed by atoms with Crippen LogP contribution in [0.5, 0.6) is 11.5 Å². The summed E-state index contributed by atoms with van der Waals surface area (Å²) in [5.41, 5.74) is 1.03. The standard InChI is InChI=1S/C26H32ClN3O3/c1-21-28-12-15-30(21)16-17-32-24-8-6-22(7-9-24)19-29-13-10-26(31-2,11-14-29)20-33-25-5-3-4-23(27)18-25/h3-9,12,15,18H,10-11,13-14,16-17,19-20H2,1-2H3. The first-order valence-electron chi connectivity index (χ1n) is 11.4. The van der Waals surface area contributed by atoms with Gasteiger partial charge in [-0.25, -0.2) is 4.98 Å². The third-order valence-electron chi connectivity index (χ3n) is 6.35. The van der Waals surface area contributed by atoms with Gasteiger partial charge in [0, 0.05) is 44.2 Å². The highest BCUT2D eigenvalue weighted by atomic mass is 35.5. The summed E-state index contributed by atoms with van der Waals surface area (Å²) in [6, 6.07) is 15.9. The van der Waals surface area contributed by atoms with Gasteiger partial charge in [0.15, 0.2) is 0 Å². The van der Waals surface area contributed by atoms with Gasteiger partial charge in [-0.1, -0.05) is 29.8 Å². The lowest BCUT2D eigenvalue weighted by Crippen LogP contribution is -2.48. The summed E-state index contributed by atoms with van der Waals surface area (Å²) in [6.07, 6.45) is 5.65. The predicted octanol–water partition coefficient (Wildman–Crippen LogP) is 4.98. The number of aryl methyl sites for hydroxylation is 1. The van der Waals surface area contributed by atoms with Gasteiger partial charge in [-0.15, -0.1) is 0 Å². The van der Waals surface area contributed by atoms with E-state index >= 15 is 0 Å². The molecule has 0 bridgehead atoms. The van der Waals surface area contributed by atoms with E-state index in [-0.39, 0.29) is 5.60 Å². The number of hydrogen-bond donors (Lipinski definition) is 0. The summed E-state index contributed by atoms with van der Waals surface area (Å²) in [7, 11) is 1.78. The first kappa shape index (κ1) is 23.6. The second-order valence-corrected chi connectivity index (χ2v) is 9.01. The molecule has 0 amide bonds. The first-order valence-corrected chi connectivity index (χ1v) is 11.8. The normalized spacial score (nSPS) is 16.0. The lowest BCUT2D eigenvalue weighted by atomic mass is 9.91. The number of methoxy groups -OCH3 is 1. The van der Waals surface area contributed by atoms with E-state index in [1.54, 1.807) is 7.11 Å². The van der Waals surface area contributed by atoms with E-state index in [4.69, 9.17) is 25.8 Å². The number of likely N-dealkylation sites (tertiary alicyclic amines) is 1. The highest BCUT2D eigenvalue weighted by Gasteiger charge is 2.35. The van der Waals surface area contributed by atoms with E-state index in [0.717, 1.165) is 56.3 Å². The molecular formula is C26H32ClN3O3. The van der Waals surface area contributed by atoms with Crippen LogP contribution in [0.25, 0.3) is 0 Å². The quantitative estimate of drug-likeness (QED) is 0.419. The molecule has 0 N–H and O–H groups in total. The summed E-state index contributed by atoms with van der Waals surface area (Å²) in [5.74, 6) is 2.68. The SMILES string of the molecule is COC1(COc2cccc(Cl)c2)CCN(Cc2ccc(OCCn3ccnc3C)cc2)CC1. The zero-order valence-electron chi connectivity index (χ0n) is 19.4. The molecule has 4 rings (SSSR count). The zero-order valence-corrected chi connectivity index (χ0v) is 20.1. The number of halogens is 1. The molecule has 1 aromatic heterocycles. The van der Waals surface area contributed by atoms with Crippen LogP contribution in [0.2, 0.25) is 5.02 Å². The Hall–Kier alpha value is -2.54. The summed E-state index contributed by atoms with van der Waals surface area (Å²) < 4.78 is 19.9. The van der Waals surface area contributed by atoms with Crippen LogP contribution in [0.3, 0.4) is 0 Å². The van der Waals surface area contributed by atoms with Crippen molar-refractivity contribution < 1.29 is 14.2 Å². The van der Waals surface area contributed by atoms with E-state index in [9.17, 15) is 0 Å². The van der Waals surface area contributed by atoms with Gasteiger partial charge in [0.2, 0.25) is 0 Å². The fourth-order valence-corrected chi connectivity index (χ4v) is 4.33. The van der Waals surface area contributed by atoms with E-state index < -0.39 is 0 Å². The lowest BCUT2D eigenvalue weighted by molar-refractivity contribution is -0.0839. The molecule has 176 valence electrons. The Morgan fingerprint density at radius 3 is 2.48 bits per heavy atom. The number of hydrogen-bond acceptors (Lipinski definition) is 5. The number of nitrogens with zero attached hydrogens (tertiary/aromatic N) is 3. The number of imidazole rings is 1. The zero-order chi connectivity index (χ0) is 23.1. The van der Waals surface area contributed by atoms with Crippen molar-refractivity contribution in [3.63, 3.8) is 0 Å². The second kappa shape index (κ2) is 11.1. The Labute approximate surface area is 201 Å². The van der Waals surface area contributed by atoms with Crippen LogP contribution in [0.15, 0.2) is 60.9 Å². The van der Waals surface area contributed by atoms with E-state index in [1.165, 1.54) is 5.56 Å². The average Bonchev–Trinajstić information content (AvgIpc) is 3.25. The van der Waals surface area contributed by atoms with Gasteiger partial charge in [-0.05, 0) is 55.7 Å². The molecule has 1 fully saturated rings. The molecule has 0 saturated carbocycles. The van der Waals surface area contributed by atoms with Gasteiger partial charge in [-0.3, -0.25) is 4.90 Å². The third kappa shape index (κ3) is 6.50. The molecule has 0 atom stereocenters. The molecule has 3 aromatic rings. The Morgan fingerprint density at radius 1 is 1.03 bits per heavy atom. The second-order valence-electron chi connectivity index (χ2n) is 8.57. The lowest BCUT2D eigenvalue weighted by Gasteiger charge is -2.40. The number of rotatable bonds is 10. The minimum Gasteiger partial charge on any atom is -0.492 e. The molecule has 2 aromatic carbocycles. The minimum absolute atomic E-state index is 0.260. The Bertz CT molecular complexity index is 1010. The largest absolute Gasteiger partial charge is 0.492 e. The molecule has 0 spiro atoms. The van der Waals surface area contributed by atoms with Crippen molar-refractivity contribution in [2.24, 2.45) is 0 Å². The summed E-state index contributed by atoms with van der Waals surface area (Å²) in [4.78, 5) is 6.70. The first-order chi connectivity index (χ1) is 16.0. The van der Waals surface area contributed by atoms with Crippen LogP contribution in [0, 0.1) is 6.92 Å². The van der Waals surface area contributed by atoms with Gasteiger partial charge in [0.25, 0.3) is 0 Å². The Morgan fingerprint density at radius 2 is 1.82 bits per heavy atom. The molecule has 6 nitrogen and oxygen atoms in total. The molecule has 0 radical (unpaired) electrons. The van der Waals surface area contributed by atoms with Crippen molar-refractivity contribution in [1.29, 1.82) is 0 Å². The average molecular weight is 470 g/mol. The van der Waals surface area contributed by atoms with Crippen molar-refractivity contribution in [2.45, 2.75) is 38.5 Å². The maximum atomic E-state index is 6.06. The molecule has 1 aliphatic rings. The van der Waals surface area contributed by atoms with Gasteiger partial charge in [0.1, 0.15) is 36.1 Å². The molecule has 33 heavy (non-hydrogen) atoms. The Kier molecular flexibility index (Phi) is 7.91. The van der Waals surface area contributed by atoms with Gasteiger partial charge in [0.05, 0.1) is 6.54 Å². The van der Waals surface area contributed by atoms with Crippen LogP contribution in [0.4, 0.5) is 0 Å². The minimum atomic E-state index is -0.260. The smallest absolute Gasteiger partial charge is 0.120 e. The highest BCUT2D eigenvalue weighted by molar-refractivity contribution is 6.30. The van der Waals surface area contributed by atoms with Gasteiger partial charge >= 0.3 is 0 Å². The van der Waals surface area contributed by atoms with Crippen molar-refractivity contribution in [3.8, 4) is 11.5 Å². The van der Waals surface area contributed by atoms with Gasteiger partial charge in [-0.2, -0.15) is 0 Å². The summed E-state index contributed by atoms with van der Waals surface area (Å²) >= 11 is 6.06. The maximum Gasteiger partial charge on any atom is 0.120 e. The van der Waals surface area contributed by atoms with Crippen molar-refractivity contribution in [2.75, 3.05) is 33.4 Å². The molecule has 7 heteroatoms. The Balaban J connectivity index is 1.22. The molecule has 0 unspecified atom stereocenters. The summed E-state index contributed by atoms with van der Waals surface area (Å²) in [5, 5.41) is 0.679. The monoisotopic (exact) mass is 469 g/mol. The molecule has 0 aliphatic carbocycles. The summed E-state index contributed by atoms with van der Waals surface area (Å²) in [6.45, 7) is 6.80. The van der Waals surface area contributed by atoms with Crippen LogP contribution < -0.4 is 9.47 Å².